The Labute approximate surface area is 170 Å². The molecular weight excluding hydrogens is 364 g/mol. The Bertz CT molecular complexity index is 984. The molecule has 1 saturated heterocycles. The molecule has 0 spiro atoms. The molecule has 148 valence electrons. The number of anilines is 2. The average molecular weight is 388 g/mol. The predicted octanol–water partition coefficient (Wildman–Crippen LogP) is 3.69. The van der Waals surface area contributed by atoms with Gasteiger partial charge in [0.05, 0.1) is 13.2 Å². The Morgan fingerprint density at radius 2 is 1.72 bits per heavy atom. The van der Waals surface area contributed by atoms with E-state index in [9.17, 15) is 4.79 Å². The van der Waals surface area contributed by atoms with E-state index in [-0.39, 0.29) is 5.91 Å². The molecule has 6 nitrogen and oxygen atoms in total. The molecular formula is C23H24N4O2. The number of nitrogens with zero attached hydrogens (tertiary/aromatic N) is 4. The normalized spacial score (nSPS) is 13.9. The fraction of sp³-hybridized carbons (Fsp3) is 0.261. The lowest BCUT2D eigenvalue weighted by Gasteiger charge is -2.29. The van der Waals surface area contributed by atoms with E-state index in [4.69, 9.17) is 9.72 Å². The highest BCUT2D eigenvalue weighted by Gasteiger charge is 2.25. The first-order valence-corrected chi connectivity index (χ1v) is 9.73. The van der Waals surface area contributed by atoms with Gasteiger partial charge in [-0.1, -0.05) is 48.0 Å². The molecule has 1 aromatic heterocycles. The van der Waals surface area contributed by atoms with E-state index in [2.05, 4.69) is 24.0 Å². The van der Waals surface area contributed by atoms with Crippen molar-refractivity contribution in [1.29, 1.82) is 0 Å². The minimum Gasteiger partial charge on any atom is -0.378 e. The summed E-state index contributed by atoms with van der Waals surface area (Å²) in [7, 11) is 1.93. The molecule has 29 heavy (non-hydrogen) atoms. The van der Waals surface area contributed by atoms with E-state index >= 15 is 0 Å². The van der Waals surface area contributed by atoms with E-state index < -0.39 is 0 Å². The molecule has 2 aromatic carbocycles. The zero-order chi connectivity index (χ0) is 20.2. The molecule has 0 aliphatic carbocycles. The summed E-state index contributed by atoms with van der Waals surface area (Å²) in [4.78, 5) is 26.3. The van der Waals surface area contributed by atoms with Crippen molar-refractivity contribution < 1.29 is 9.53 Å². The Kier molecular flexibility index (Phi) is 5.53. The number of carbonyl (C=O) groups excluding carboxylic acids is 1. The van der Waals surface area contributed by atoms with Crippen molar-refractivity contribution in [3.8, 4) is 11.4 Å². The fourth-order valence-corrected chi connectivity index (χ4v) is 3.33. The van der Waals surface area contributed by atoms with Crippen molar-refractivity contribution in [3.63, 3.8) is 0 Å². The summed E-state index contributed by atoms with van der Waals surface area (Å²) in [5, 5.41) is 0. The lowest BCUT2D eigenvalue weighted by molar-refractivity contribution is 0.0303. The van der Waals surface area contributed by atoms with Gasteiger partial charge in [-0.3, -0.25) is 4.79 Å². The van der Waals surface area contributed by atoms with E-state index in [0.717, 1.165) is 11.3 Å². The van der Waals surface area contributed by atoms with Crippen molar-refractivity contribution in [2.75, 3.05) is 38.3 Å². The SMILES string of the molecule is Cc1ccc(N(C)c2nc(-c3ccccc3)ncc2C(=O)N2CCOCC2)cc1. The second-order valence-corrected chi connectivity index (χ2v) is 7.10. The third kappa shape index (κ3) is 4.12. The smallest absolute Gasteiger partial charge is 0.259 e. The van der Waals surface area contributed by atoms with E-state index in [0.29, 0.717) is 43.5 Å². The van der Waals surface area contributed by atoms with Crippen LogP contribution in [0, 0.1) is 6.92 Å². The molecule has 1 aliphatic heterocycles. The Morgan fingerprint density at radius 1 is 1.03 bits per heavy atom. The minimum atomic E-state index is -0.0677. The van der Waals surface area contributed by atoms with E-state index in [1.165, 1.54) is 5.56 Å². The summed E-state index contributed by atoms with van der Waals surface area (Å²) in [5.74, 6) is 1.12. The first-order valence-electron chi connectivity index (χ1n) is 9.73. The Morgan fingerprint density at radius 3 is 2.41 bits per heavy atom. The lowest BCUT2D eigenvalue weighted by Crippen LogP contribution is -2.41. The van der Waals surface area contributed by atoms with Gasteiger partial charge in [0.1, 0.15) is 11.4 Å². The van der Waals surface area contributed by atoms with Gasteiger partial charge in [0.25, 0.3) is 5.91 Å². The van der Waals surface area contributed by atoms with E-state index in [1.54, 1.807) is 11.1 Å². The summed E-state index contributed by atoms with van der Waals surface area (Å²) in [6, 6.07) is 18.0. The second kappa shape index (κ2) is 8.41. The largest absolute Gasteiger partial charge is 0.378 e. The number of aryl methyl sites for hydroxylation is 1. The number of benzene rings is 2. The minimum absolute atomic E-state index is 0.0677. The van der Waals surface area contributed by atoms with Crippen LogP contribution in [0.4, 0.5) is 11.5 Å². The van der Waals surface area contributed by atoms with Gasteiger partial charge >= 0.3 is 0 Å². The van der Waals surface area contributed by atoms with Crippen molar-refractivity contribution >= 4 is 17.4 Å². The number of morpholine rings is 1. The molecule has 0 bridgehead atoms. The van der Waals surface area contributed by atoms with Crippen LogP contribution in [0.25, 0.3) is 11.4 Å². The highest BCUT2D eigenvalue weighted by Crippen LogP contribution is 2.28. The molecule has 1 aliphatic rings. The zero-order valence-corrected chi connectivity index (χ0v) is 16.7. The number of rotatable bonds is 4. The van der Waals surface area contributed by atoms with Gasteiger partial charge in [0, 0.05) is 37.6 Å². The number of hydrogen-bond donors (Lipinski definition) is 0. The van der Waals surface area contributed by atoms with Crippen LogP contribution in [0.2, 0.25) is 0 Å². The lowest BCUT2D eigenvalue weighted by atomic mass is 10.1. The maximum atomic E-state index is 13.2. The van der Waals surface area contributed by atoms with Gasteiger partial charge in [-0.05, 0) is 19.1 Å². The van der Waals surface area contributed by atoms with E-state index in [1.807, 2.05) is 54.4 Å². The maximum Gasteiger partial charge on any atom is 0.259 e. The van der Waals surface area contributed by atoms with Crippen LogP contribution in [0.5, 0.6) is 0 Å². The average Bonchev–Trinajstić information content (AvgIpc) is 2.79. The Balaban J connectivity index is 1.77. The van der Waals surface area contributed by atoms with Gasteiger partial charge in [0.15, 0.2) is 5.82 Å². The number of hydrogen-bond acceptors (Lipinski definition) is 5. The summed E-state index contributed by atoms with van der Waals surface area (Å²) in [6.45, 7) is 4.31. The summed E-state index contributed by atoms with van der Waals surface area (Å²) < 4.78 is 5.39. The van der Waals surface area contributed by atoms with Crippen LogP contribution >= 0.6 is 0 Å². The fourth-order valence-electron chi connectivity index (χ4n) is 3.33. The summed E-state index contributed by atoms with van der Waals surface area (Å²) >= 11 is 0. The topological polar surface area (TPSA) is 58.6 Å². The summed E-state index contributed by atoms with van der Waals surface area (Å²) in [5.41, 5.74) is 3.55. The third-order valence-corrected chi connectivity index (χ3v) is 5.07. The molecule has 0 atom stereocenters. The second-order valence-electron chi connectivity index (χ2n) is 7.10. The van der Waals surface area contributed by atoms with Crippen LogP contribution in [-0.4, -0.2) is 54.1 Å². The molecule has 0 N–H and O–H groups in total. The number of carbonyl (C=O) groups is 1. The van der Waals surface area contributed by atoms with Gasteiger partial charge in [-0.15, -0.1) is 0 Å². The standard InChI is InChI=1S/C23H24N4O2/c1-17-8-10-19(11-9-17)26(2)22-20(23(28)27-12-14-29-15-13-27)16-24-21(25-22)18-6-4-3-5-7-18/h3-11,16H,12-15H2,1-2H3. The molecule has 4 rings (SSSR count). The molecule has 0 unspecified atom stereocenters. The van der Waals surface area contributed by atoms with Crippen molar-refractivity contribution in [1.82, 2.24) is 14.9 Å². The van der Waals surface area contributed by atoms with Gasteiger partial charge in [-0.2, -0.15) is 0 Å². The van der Waals surface area contributed by atoms with Crippen LogP contribution in [0.15, 0.2) is 60.8 Å². The zero-order valence-electron chi connectivity index (χ0n) is 16.7. The molecule has 1 fully saturated rings. The predicted molar refractivity (Wildman–Crippen MR) is 113 cm³/mol. The highest BCUT2D eigenvalue weighted by molar-refractivity contribution is 5.99. The van der Waals surface area contributed by atoms with Gasteiger partial charge in [0.2, 0.25) is 0 Å². The Hall–Kier alpha value is -3.25. The molecule has 2 heterocycles. The summed E-state index contributed by atoms with van der Waals surface area (Å²) in [6.07, 6.45) is 1.65. The van der Waals surface area contributed by atoms with Gasteiger partial charge < -0.3 is 14.5 Å². The van der Waals surface area contributed by atoms with Crippen molar-refractivity contribution in [3.05, 3.63) is 71.9 Å². The maximum absolute atomic E-state index is 13.2. The monoisotopic (exact) mass is 388 g/mol. The van der Waals surface area contributed by atoms with Crippen LogP contribution in [0.3, 0.4) is 0 Å². The third-order valence-electron chi connectivity index (χ3n) is 5.07. The quantitative estimate of drug-likeness (QED) is 0.682. The molecule has 0 saturated carbocycles. The first kappa shape index (κ1) is 19.1. The number of amides is 1. The number of aromatic nitrogens is 2. The van der Waals surface area contributed by atoms with Crippen molar-refractivity contribution in [2.24, 2.45) is 0 Å². The molecule has 6 heteroatoms. The molecule has 3 aromatic rings. The highest BCUT2D eigenvalue weighted by atomic mass is 16.5. The van der Waals surface area contributed by atoms with Crippen LogP contribution in [0.1, 0.15) is 15.9 Å². The molecule has 0 radical (unpaired) electrons. The molecule has 1 amide bonds. The van der Waals surface area contributed by atoms with Gasteiger partial charge in [-0.25, -0.2) is 9.97 Å². The first-order chi connectivity index (χ1) is 14.1. The van der Waals surface area contributed by atoms with Crippen molar-refractivity contribution in [2.45, 2.75) is 6.92 Å². The number of ether oxygens (including phenoxy) is 1. The van der Waals surface area contributed by atoms with Crippen LogP contribution < -0.4 is 4.90 Å². The van der Waals surface area contributed by atoms with Crippen LogP contribution in [-0.2, 0) is 4.74 Å².